The van der Waals surface area contributed by atoms with Gasteiger partial charge in [0.1, 0.15) is 5.82 Å². The minimum absolute atomic E-state index is 0.154. The van der Waals surface area contributed by atoms with Crippen LogP contribution in [0.5, 0.6) is 0 Å². The van der Waals surface area contributed by atoms with E-state index in [9.17, 15) is 9.18 Å². The zero-order chi connectivity index (χ0) is 22.0. The summed E-state index contributed by atoms with van der Waals surface area (Å²) in [4.78, 5) is 16.0. The van der Waals surface area contributed by atoms with Crippen LogP contribution >= 0.6 is 11.3 Å². The number of aryl methyl sites for hydroxylation is 1. The van der Waals surface area contributed by atoms with Crippen LogP contribution in [0.25, 0.3) is 34.0 Å². The van der Waals surface area contributed by atoms with E-state index in [1.54, 1.807) is 24.5 Å². The van der Waals surface area contributed by atoms with Crippen molar-refractivity contribution in [2.75, 3.05) is 14.2 Å². The first-order chi connectivity index (χ1) is 15.0. The molecule has 2 heterocycles. The maximum Gasteiger partial charge on any atom is 0.340 e. The predicted octanol–water partition coefficient (Wildman–Crippen LogP) is 5.51. The maximum absolute atomic E-state index is 14.3. The van der Waals surface area contributed by atoms with E-state index in [0.717, 1.165) is 22.3 Å². The number of nitrogens with zero attached hydrogens (tertiary/aromatic N) is 2. The standard InChI is InChI=1S/C23H19FN2O4S/c1-13-11-31-12-19(13)17-6-5-15(8-16(17)10-28-2)22-25-21(26-30-22)14-4-7-18(20(24)9-14)23(27)29-3/h4-9,11-12H,10H2,1-3H3. The second-order valence-corrected chi connectivity index (χ2v) is 7.63. The molecule has 0 N–H and O–H groups in total. The molecule has 158 valence electrons. The molecule has 0 saturated heterocycles. The summed E-state index contributed by atoms with van der Waals surface area (Å²) in [5, 5.41) is 8.18. The molecule has 0 fully saturated rings. The van der Waals surface area contributed by atoms with Gasteiger partial charge in [-0.05, 0) is 70.3 Å². The van der Waals surface area contributed by atoms with Crippen molar-refractivity contribution in [1.82, 2.24) is 10.1 Å². The smallest absolute Gasteiger partial charge is 0.340 e. The van der Waals surface area contributed by atoms with Crippen LogP contribution in [0.15, 0.2) is 51.7 Å². The first kappa shape index (κ1) is 20.9. The Morgan fingerprint density at radius 3 is 2.58 bits per heavy atom. The molecule has 31 heavy (non-hydrogen) atoms. The zero-order valence-electron chi connectivity index (χ0n) is 17.1. The van der Waals surface area contributed by atoms with E-state index in [-0.39, 0.29) is 11.4 Å². The van der Waals surface area contributed by atoms with Gasteiger partial charge in [0.05, 0.1) is 19.3 Å². The Hall–Kier alpha value is -3.36. The van der Waals surface area contributed by atoms with Crippen LogP contribution < -0.4 is 0 Å². The first-order valence-electron chi connectivity index (χ1n) is 9.39. The summed E-state index contributed by atoms with van der Waals surface area (Å²) < 4.78 is 29.6. The normalized spacial score (nSPS) is 11.0. The van der Waals surface area contributed by atoms with E-state index in [4.69, 9.17) is 9.26 Å². The summed E-state index contributed by atoms with van der Waals surface area (Å²) in [6.07, 6.45) is 0. The number of halogens is 1. The summed E-state index contributed by atoms with van der Waals surface area (Å²) in [6.45, 7) is 2.50. The third-order valence-electron chi connectivity index (χ3n) is 4.86. The third kappa shape index (κ3) is 4.12. The number of carbonyl (C=O) groups is 1. The second kappa shape index (κ2) is 8.79. The summed E-state index contributed by atoms with van der Waals surface area (Å²) in [7, 11) is 2.85. The molecule has 6 nitrogen and oxygen atoms in total. The van der Waals surface area contributed by atoms with Crippen LogP contribution in [-0.4, -0.2) is 30.3 Å². The Labute approximate surface area is 182 Å². The minimum atomic E-state index is -0.746. The van der Waals surface area contributed by atoms with Crippen LogP contribution in [0, 0.1) is 12.7 Å². The van der Waals surface area contributed by atoms with E-state index < -0.39 is 11.8 Å². The largest absolute Gasteiger partial charge is 0.465 e. The summed E-state index contributed by atoms with van der Waals surface area (Å²) >= 11 is 1.65. The number of methoxy groups -OCH3 is 2. The van der Waals surface area contributed by atoms with Crippen molar-refractivity contribution in [1.29, 1.82) is 0 Å². The number of rotatable bonds is 6. The second-order valence-electron chi connectivity index (χ2n) is 6.88. The lowest BCUT2D eigenvalue weighted by Crippen LogP contribution is -2.04. The van der Waals surface area contributed by atoms with Gasteiger partial charge in [-0.25, -0.2) is 9.18 Å². The van der Waals surface area contributed by atoms with Crippen LogP contribution in [-0.2, 0) is 16.1 Å². The number of ether oxygens (including phenoxy) is 2. The van der Waals surface area contributed by atoms with Crippen molar-refractivity contribution in [2.24, 2.45) is 0 Å². The number of hydrogen-bond donors (Lipinski definition) is 0. The van der Waals surface area contributed by atoms with Crippen LogP contribution in [0.4, 0.5) is 4.39 Å². The van der Waals surface area contributed by atoms with Gasteiger partial charge >= 0.3 is 5.97 Å². The highest BCUT2D eigenvalue weighted by Crippen LogP contribution is 2.33. The number of benzene rings is 2. The summed E-state index contributed by atoms with van der Waals surface area (Å²) in [5.41, 5.74) is 5.42. The average Bonchev–Trinajstić information content (AvgIpc) is 3.43. The van der Waals surface area contributed by atoms with Gasteiger partial charge in [0.25, 0.3) is 5.89 Å². The van der Waals surface area contributed by atoms with Crippen molar-refractivity contribution in [3.05, 3.63) is 69.7 Å². The fourth-order valence-corrected chi connectivity index (χ4v) is 4.14. The Balaban J connectivity index is 1.68. The molecule has 0 radical (unpaired) electrons. The number of thiophene rings is 1. The van der Waals surface area contributed by atoms with Gasteiger partial charge in [0.15, 0.2) is 0 Å². The molecular formula is C23H19FN2O4S. The molecule has 0 aliphatic heterocycles. The average molecular weight is 438 g/mol. The molecule has 0 aliphatic rings. The van der Waals surface area contributed by atoms with E-state index in [0.29, 0.717) is 18.1 Å². The Morgan fingerprint density at radius 1 is 1.10 bits per heavy atom. The molecule has 2 aromatic heterocycles. The fraction of sp³-hybridized carbons (Fsp3) is 0.174. The lowest BCUT2D eigenvalue weighted by atomic mass is 9.97. The maximum atomic E-state index is 14.3. The quantitative estimate of drug-likeness (QED) is 0.370. The molecule has 0 saturated carbocycles. The van der Waals surface area contributed by atoms with Crippen LogP contribution in [0.3, 0.4) is 0 Å². The molecule has 4 rings (SSSR count). The highest BCUT2D eigenvalue weighted by Gasteiger charge is 2.17. The molecule has 0 spiro atoms. The van der Waals surface area contributed by atoms with Crippen LogP contribution in [0.1, 0.15) is 21.5 Å². The number of hydrogen-bond acceptors (Lipinski definition) is 7. The Morgan fingerprint density at radius 2 is 1.90 bits per heavy atom. The van der Waals surface area contributed by atoms with Crippen molar-refractivity contribution in [3.63, 3.8) is 0 Å². The van der Waals surface area contributed by atoms with E-state index in [1.165, 1.54) is 24.8 Å². The minimum Gasteiger partial charge on any atom is -0.465 e. The van der Waals surface area contributed by atoms with Gasteiger partial charge in [-0.15, -0.1) is 0 Å². The molecule has 2 aromatic carbocycles. The number of aromatic nitrogens is 2. The first-order valence-corrected chi connectivity index (χ1v) is 10.3. The molecule has 0 aliphatic carbocycles. The van der Waals surface area contributed by atoms with Crippen molar-refractivity contribution in [2.45, 2.75) is 13.5 Å². The third-order valence-corrected chi connectivity index (χ3v) is 5.72. The van der Waals surface area contributed by atoms with Gasteiger partial charge < -0.3 is 14.0 Å². The van der Waals surface area contributed by atoms with Gasteiger partial charge in [-0.3, -0.25) is 0 Å². The van der Waals surface area contributed by atoms with E-state index in [1.807, 2.05) is 18.2 Å². The molecule has 0 atom stereocenters. The van der Waals surface area contributed by atoms with E-state index in [2.05, 4.69) is 32.6 Å². The van der Waals surface area contributed by atoms with Crippen molar-refractivity contribution in [3.8, 4) is 34.0 Å². The summed E-state index contributed by atoms with van der Waals surface area (Å²) in [6, 6.07) is 9.93. The van der Waals surface area contributed by atoms with Crippen molar-refractivity contribution >= 4 is 17.3 Å². The van der Waals surface area contributed by atoms with Gasteiger partial charge in [-0.2, -0.15) is 16.3 Å². The molecular weight excluding hydrogens is 419 g/mol. The van der Waals surface area contributed by atoms with Gasteiger partial charge in [-0.1, -0.05) is 11.2 Å². The fourth-order valence-electron chi connectivity index (χ4n) is 3.29. The number of carbonyl (C=O) groups excluding carboxylic acids is 1. The topological polar surface area (TPSA) is 74.5 Å². The zero-order valence-corrected chi connectivity index (χ0v) is 18.0. The molecule has 8 heteroatoms. The van der Waals surface area contributed by atoms with E-state index >= 15 is 0 Å². The van der Waals surface area contributed by atoms with Gasteiger partial charge in [0.2, 0.25) is 5.82 Å². The molecule has 0 amide bonds. The lowest BCUT2D eigenvalue weighted by molar-refractivity contribution is 0.0595. The lowest BCUT2D eigenvalue weighted by Gasteiger charge is -2.10. The summed E-state index contributed by atoms with van der Waals surface area (Å²) in [5.74, 6) is -0.937. The predicted molar refractivity (Wildman–Crippen MR) is 115 cm³/mol. The highest BCUT2D eigenvalue weighted by atomic mass is 32.1. The Kier molecular flexibility index (Phi) is 5.92. The van der Waals surface area contributed by atoms with Crippen molar-refractivity contribution < 1.29 is 23.2 Å². The molecule has 0 bridgehead atoms. The van der Waals surface area contributed by atoms with Gasteiger partial charge in [0, 0.05) is 18.2 Å². The Bertz CT molecular complexity index is 1250. The molecule has 4 aromatic rings. The SMILES string of the molecule is COCc1cc(-c2nc(-c3ccc(C(=O)OC)c(F)c3)no2)ccc1-c1cscc1C. The van der Waals surface area contributed by atoms with Crippen LogP contribution in [0.2, 0.25) is 0 Å². The monoisotopic (exact) mass is 438 g/mol. The number of esters is 1. The highest BCUT2D eigenvalue weighted by molar-refractivity contribution is 7.08. The molecule has 0 unspecified atom stereocenters.